The van der Waals surface area contributed by atoms with Crippen LogP contribution < -0.4 is 20.9 Å². The van der Waals surface area contributed by atoms with Crippen molar-refractivity contribution in [2.75, 3.05) is 31.4 Å². The van der Waals surface area contributed by atoms with Crippen LogP contribution in [0.15, 0.2) is 17.2 Å². The Balaban J connectivity index is 2.27. The molecule has 2 aromatic rings. The highest BCUT2D eigenvalue weighted by atomic mass is 32.2. The molecule has 8 heteroatoms. The highest BCUT2D eigenvalue weighted by Crippen LogP contribution is 2.38. The van der Waals surface area contributed by atoms with Crippen molar-refractivity contribution < 1.29 is 14.6 Å². The number of ether oxygens (including phenoxy) is 2. The lowest BCUT2D eigenvalue weighted by Crippen LogP contribution is -2.07. The van der Waals surface area contributed by atoms with Crippen LogP contribution in [0, 0.1) is 0 Å². The van der Waals surface area contributed by atoms with Crippen molar-refractivity contribution >= 4 is 23.5 Å². The molecule has 1 heterocycles. The zero-order valence-electron chi connectivity index (χ0n) is 16.1. The molecule has 0 amide bonds. The molecule has 27 heavy (non-hydrogen) atoms. The minimum absolute atomic E-state index is 0.0317. The molecule has 0 aliphatic rings. The average molecular weight is 393 g/mol. The average Bonchev–Trinajstić information content (AvgIpc) is 2.65. The van der Waals surface area contributed by atoms with Crippen LogP contribution in [-0.2, 0) is 6.42 Å². The molecule has 0 atom stereocenters. The van der Waals surface area contributed by atoms with Gasteiger partial charge in [0.15, 0.2) is 11.5 Å². The van der Waals surface area contributed by atoms with Crippen molar-refractivity contribution in [3.8, 4) is 17.2 Å². The summed E-state index contributed by atoms with van der Waals surface area (Å²) in [5.41, 5.74) is 13.6. The monoisotopic (exact) mass is 392 g/mol. The van der Waals surface area contributed by atoms with Crippen LogP contribution in [0.4, 0.5) is 11.8 Å². The van der Waals surface area contributed by atoms with Gasteiger partial charge in [-0.1, -0.05) is 26.2 Å². The molecule has 1 aromatic carbocycles. The van der Waals surface area contributed by atoms with Crippen LogP contribution >= 0.6 is 11.8 Å². The number of nitrogen functional groups attached to an aromatic ring is 2. The fourth-order valence-electron chi connectivity index (χ4n) is 2.73. The quantitative estimate of drug-likeness (QED) is 0.319. The highest BCUT2D eigenvalue weighted by Gasteiger charge is 2.16. The maximum Gasteiger partial charge on any atom is 0.223 e. The first-order valence-electron chi connectivity index (χ1n) is 8.98. The van der Waals surface area contributed by atoms with E-state index < -0.39 is 0 Å². The first-order valence-corrected chi connectivity index (χ1v) is 9.97. The van der Waals surface area contributed by atoms with Crippen molar-refractivity contribution in [2.45, 2.75) is 44.1 Å². The normalized spacial score (nSPS) is 10.8. The molecule has 5 N–H and O–H groups in total. The molecule has 1 aromatic heterocycles. The van der Waals surface area contributed by atoms with E-state index in [1.165, 1.54) is 33.5 Å². The number of benzene rings is 1. The number of nitrogens with two attached hydrogens (primary N) is 2. The van der Waals surface area contributed by atoms with Gasteiger partial charge in [0.05, 0.1) is 14.2 Å². The lowest BCUT2D eigenvalue weighted by molar-refractivity contribution is 0.339. The summed E-state index contributed by atoms with van der Waals surface area (Å²) < 4.78 is 10.5. The van der Waals surface area contributed by atoms with Crippen LogP contribution in [0.2, 0.25) is 0 Å². The van der Waals surface area contributed by atoms with Gasteiger partial charge in [0.1, 0.15) is 10.8 Å². The molecular weight excluding hydrogens is 364 g/mol. The second-order valence-electron chi connectivity index (χ2n) is 6.19. The van der Waals surface area contributed by atoms with Crippen molar-refractivity contribution in [2.24, 2.45) is 0 Å². The largest absolute Gasteiger partial charge is 0.502 e. The summed E-state index contributed by atoms with van der Waals surface area (Å²) in [6.07, 6.45) is 5.22. The molecule has 0 unspecified atom stereocenters. The third kappa shape index (κ3) is 5.56. The smallest absolute Gasteiger partial charge is 0.223 e. The number of phenolic OH excluding ortho intramolecular Hbond substituents is 1. The Morgan fingerprint density at radius 3 is 2.30 bits per heavy atom. The molecule has 0 bridgehead atoms. The van der Waals surface area contributed by atoms with E-state index in [2.05, 4.69) is 16.9 Å². The van der Waals surface area contributed by atoms with Crippen LogP contribution in [0.3, 0.4) is 0 Å². The lowest BCUT2D eigenvalue weighted by atomic mass is 10.1. The SMILES string of the molecule is CCCCCCSc1nc(N)nc(N)c1Cc1cc(OC)c(O)c(OC)c1. The van der Waals surface area contributed by atoms with Crippen LogP contribution in [0.1, 0.15) is 43.7 Å². The Morgan fingerprint density at radius 2 is 1.70 bits per heavy atom. The summed E-state index contributed by atoms with van der Waals surface area (Å²) in [6, 6.07) is 3.51. The third-order valence-corrected chi connectivity index (χ3v) is 5.28. The standard InChI is InChI=1S/C19H28N4O3S/c1-4-5-6-7-8-27-18-13(17(20)22-19(21)23-18)9-12-10-14(25-2)16(24)15(11-12)26-3/h10-11,24H,4-9H2,1-3H3,(H4,20,21,22,23). The van der Waals surface area contributed by atoms with Gasteiger partial charge in [-0.2, -0.15) is 4.98 Å². The summed E-state index contributed by atoms with van der Waals surface area (Å²) in [5, 5.41) is 10.9. The maximum absolute atomic E-state index is 10.1. The van der Waals surface area contributed by atoms with E-state index in [0.717, 1.165) is 28.3 Å². The molecule has 0 radical (unpaired) electrons. The number of thioether (sulfide) groups is 1. The number of nitrogens with zero attached hydrogens (tertiary/aromatic N) is 2. The van der Waals surface area contributed by atoms with E-state index in [9.17, 15) is 5.11 Å². The first-order chi connectivity index (χ1) is 13.0. The third-order valence-electron chi connectivity index (χ3n) is 4.18. The molecule has 0 saturated carbocycles. The Hall–Kier alpha value is -2.35. The van der Waals surface area contributed by atoms with E-state index in [0.29, 0.717) is 23.7 Å². The van der Waals surface area contributed by atoms with Crippen molar-refractivity contribution in [1.29, 1.82) is 0 Å². The number of unbranched alkanes of at least 4 members (excludes halogenated alkanes) is 3. The number of methoxy groups -OCH3 is 2. The molecule has 0 spiro atoms. The van der Waals surface area contributed by atoms with Gasteiger partial charge < -0.3 is 26.0 Å². The number of hydrogen-bond acceptors (Lipinski definition) is 8. The highest BCUT2D eigenvalue weighted by molar-refractivity contribution is 7.99. The second kappa shape index (κ2) is 10.1. The number of aromatic hydroxyl groups is 1. The molecule has 0 saturated heterocycles. The van der Waals surface area contributed by atoms with E-state index in [1.54, 1.807) is 23.9 Å². The zero-order valence-corrected chi connectivity index (χ0v) is 16.9. The minimum Gasteiger partial charge on any atom is -0.502 e. The minimum atomic E-state index is -0.0317. The molecule has 2 rings (SSSR count). The summed E-state index contributed by atoms with van der Waals surface area (Å²) in [6.45, 7) is 2.19. The molecule has 0 aliphatic heterocycles. The van der Waals surface area contributed by atoms with Crippen molar-refractivity contribution in [3.63, 3.8) is 0 Å². The first kappa shape index (κ1) is 21.0. The van der Waals surface area contributed by atoms with Gasteiger partial charge in [0, 0.05) is 12.0 Å². The molecule has 0 fully saturated rings. The van der Waals surface area contributed by atoms with E-state index in [1.807, 2.05) is 0 Å². The Kier molecular flexibility index (Phi) is 7.84. The lowest BCUT2D eigenvalue weighted by Gasteiger charge is -2.14. The molecule has 7 nitrogen and oxygen atoms in total. The summed E-state index contributed by atoms with van der Waals surface area (Å²) in [4.78, 5) is 8.50. The van der Waals surface area contributed by atoms with E-state index in [4.69, 9.17) is 20.9 Å². The summed E-state index contributed by atoms with van der Waals surface area (Å²) >= 11 is 1.65. The topological polar surface area (TPSA) is 117 Å². The summed E-state index contributed by atoms with van der Waals surface area (Å²) in [7, 11) is 2.99. The maximum atomic E-state index is 10.1. The Morgan fingerprint density at radius 1 is 1.04 bits per heavy atom. The molecule has 148 valence electrons. The van der Waals surface area contributed by atoms with Gasteiger partial charge in [0.2, 0.25) is 11.7 Å². The Bertz CT molecular complexity index is 746. The van der Waals surface area contributed by atoms with Crippen LogP contribution in [0.5, 0.6) is 17.2 Å². The predicted octanol–water partition coefficient (Wildman–Crippen LogP) is 3.63. The second-order valence-corrected chi connectivity index (χ2v) is 7.27. The number of rotatable bonds is 10. The zero-order chi connectivity index (χ0) is 19.8. The predicted molar refractivity (Wildman–Crippen MR) is 110 cm³/mol. The van der Waals surface area contributed by atoms with Gasteiger partial charge in [-0.15, -0.1) is 11.8 Å². The van der Waals surface area contributed by atoms with Crippen molar-refractivity contribution in [3.05, 3.63) is 23.3 Å². The number of anilines is 2. The van der Waals surface area contributed by atoms with Crippen LogP contribution in [0.25, 0.3) is 0 Å². The van der Waals surface area contributed by atoms with Crippen LogP contribution in [-0.4, -0.2) is 35.0 Å². The van der Waals surface area contributed by atoms with Gasteiger partial charge >= 0.3 is 0 Å². The van der Waals surface area contributed by atoms with Gasteiger partial charge in [-0.05, 0) is 29.9 Å². The van der Waals surface area contributed by atoms with Gasteiger partial charge in [-0.3, -0.25) is 0 Å². The fraction of sp³-hybridized carbons (Fsp3) is 0.474. The molecular formula is C19H28N4O3S. The fourth-order valence-corrected chi connectivity index (χ4v) is 3.79. The number of phenols is 1. The number of hydrogen-bond donors (Lipinski definition) is 3. The van der Waals surface area contributed by atoms with E-state index >= 15 is 0 Å². The molecule has 0 aliphatic carbocycles. The Labute approximate surface area is 164 Å². The summed E-state index contributed by atoms with van der Waals surface area (Å²) in [5.74, 6) is 2.14. The van der Waals surface area contributed by atoms with E-state index in [-0.39, 0.29) is 11.7 Å². The number of aromatic nitrogens is 2. The van der Waals surface area contributed by atoms with Gasteiger partial charge in [-0.25, -0.2) is 4.98 Å². The van der Waals surface area contributed by atoms with Gasteiger partial charge in [0.25, 0.3) is 0 Å². The van der Waals surface area contributed by atoms with Crippen molar-refractivity contribution in [1.82, 2.24) is 9.97 Å².